The van der Waals surface area contributed by atoms with Crippen LogP contribution in [0.5, 0.6) is 0 Å². The van der Waals surface area contributed by atoms with Crippen molar-refractivity contribution in [3.63, 3.8) is 0 Å². The van der Waals surface area contributed by atoms with Gasteiger partial charge in [0.05, 0.1) is 3.79 Å². The first kappa shape index (κ1) is 15.2. The van der Waals surface area contributed by atoms with Gasteiger partial charge in [0.25, 0.3) is 0 Å². The molecule has 0 amide bonds. The van der Waals surface area contributed by atoms with Gasteiger partial charge < -0.3 is 5.32 Å². The van der Waals surface area contributed by atoms with Crippen molar-refractivity contribution in [2.24, 2.45) is 0 Å². The van der Waals surface area contributed by atoms with Crippen LogP contribution in [0.25, 0.3) is 0 Å². The van der Waals surface area contributed by atoms with E-state index in [9.17, 15) is 0 Å². The summed E-state index contributed by atoms with van der Waals surface area (Å²) in [6, 6.07) is 13.2. The van der Waals surface area contributed by atoms with Crippen LogP contribution in [0.15, 0.2) is 44.7 Å². The first-order chi connectivity index (χ1) is 9.20. The second kappa shape index (κ2) is 7.58. The van der Waals surface area contributed by atoms with E-state index in [1.807, 2.05) is 11.3 Å². The van der Waals surface area contributed by atoms with Crippen LogP contribution in [0.1, 0.15) is 29.8 Å². The van der Waals surface area contributed by atoms with Gasteiger partial charge in [0.15, 0.2) is 0 Å². The standard InChI is InChI=1S/C15H17Br2NS/c1-2-9-18-14(10-11-7-8-15(17)19-11)12-5-3-4-6-13(12)16/h3-8,14,18H,2,9-10H2,1H3. The molecule has 1 nitrogen and oxygen atoms in total. The molecular weight excluding hydrogens is 386 g/mol. The van der Waals surface area contributed by atoms with Crippen molar-refractivity contribution in [2.75, 3.05) is 6.54 Å². The molecule has 4 heteroatoms. The minimum absolute atomic E-state index is 0.362. The normalized spacial score (nSPS) is 12.6. The van der Waals surface area contributed by atoms with Crippen molar-refractivity contribution in [3.8, 4) is 0 Å². The lowest BCUT2D eigenvalue weighted by atomic mass is 10.0. The average molecular weight is 403 g/mol. The fraction of sp³-hybridized carbons (Fsp3) is 0.333. The van der Waals surface area contributed by atoms with Crippen molar-refractivity contribution in [1.82, 2.24) is 5.32 Å². The molecule has 2 rings (SSSR count). The number of halogens is 2. The molecule has 2 aromatic rings. The van der Waals surface area contributed by atoms with Gasteiger partial charge in [-0.2, -0.15) is 0 Å². The van der Waals surface area contributed by atoms with Gasteiger partial charge in [0, 0.05) is 21.8 Å². The van der Waals surface area contributed by atoms with Crippen LogP contribution in [-0.2, 0) is 6.42 Å². The molecule has 1 aromatic heterocycles. The first-order valence-electron chi connectivity index (χ1n) is 6.42. The Kier molecular flexibility index (Phi) is 6.07. The van der Waals surface area contributed by atoms with Crippen LogP contribution < -0.4 is 5.32 Å². The SMILES string of the molecule is CCCNC(Cc1ccc(Br)s1)c1ccccc1Br. The lowest BCUT2D eigenvalue weighted by Gasteiger charge is -2.19. The van der Waals surface area contributed by atoms with E-state index in [0.29, 0.717) is 6.04 Å². The maximum Gasteiger partial charge on any atom is 0.0701 e. The lowest BCUT2D eigenvalue weighted by Crippen LogP contribution is -2.24. The number of benzene rings is 1. The maximum atomic E-state index is 3.66. The van der Waals surface area contributed by atoms with E-state index in [1.54, 1.807) is 0 Å². The topological polar surface area (TPSA) is 12.0 Å². The molecule has 0 fully saturated rings. The Bertz CT molecular complexity index is 524. The van der Waals surface area contributed by atoms with Gasteiger partial charge in [-0.1, -0.05) is 41.1 Å². The third-order valence-corrected chi connectivity index (χ3v) is 5.32. The van der Waals surface area contributed by atoms with Crippen LogP contribution in [0, 0.1) is 0 Å². The second-order valence-corrected chi connectivity index (χ2v) is 7.84. The molecule has 102 valence electrons. The summed E-state index contributed by atoms with van der Waals surface area (Å²) in [6.07, 6.45) is 2.17. The van der Waals surface area contributed by atoms with E-state index < -0.39 is 0 Å². The number of hydrogen-bond acceptors (Lipinski definition) is 2. The Hall–Kier alpha value is -0.160. The van der Waals surface area contributed by atoms with E-state index in [2.05, 4.69) is 80.5 Å². The molecule has 1 atom stereocenters. The zero-order valence-electron chi connectivity index (χ0n) is 10.8. The van der Waals surface area contributed by atoms with E-state index >= 15 is 0 Å². The molecule has 0 bridgehead atoms. The summed E-state index contributed by atoms with van der Waals surface area (Å²) in [6.45, 7) is 3.24. The Morgan fingerprint density at radius 2 is 1.95 bits per heavy atom. The van der Waals surface area contributed by atoms with Gasteiger partial charge in [-0.25, -0.2) is 0 Å². The summed E-state index contributed by atoms with van der Waals surface area (Å²) < 4.78 is 2.38. The van der Waals surface area contributed by atoms with Gasteiger partial charge in [0.1, 0.15) is 0 Å². The molecule has 0 aliphatic heterocycles. The molecule has 0 radical (unpaired) electrons. The number of thiophene rings is 1. The monoisotopic (exact) mass is 401 g/mol. The summed E-state index contributed by atoms with van der Waals surface area (Å²) >= 11 is 9.01. The summed E-state index contributed by atoms with van der Waals surface area (Å²) in [5.41, 5.74) is 1.33. The molecule has 1 unspecified atom stereocenters. The van der Waals surface area contributed by atoms with E-state index in [4.69, 9.17) is 0 Å². The van der Waals surface area contributed by atoms with Crippen molar-refractivity contribution >= 4 is 43.2 Å². The van der Waals surface area contributed by atoms with Gasteiger partial charge in [0.2, 0.25) is 0 Å². The fourth-order valence-corrected chi connectivity index (χ4v) is 4.12. The summed E-state index contributed by atoms with van der Waals surface area (Å²) in [5, 5.41) is 3.65. The molecule has 0 spiro atoms. The van der Waals surface area contributed by atoms with E-state index in [0.717, 1.165) is 19.4 Å². The van der Waals surface area contributed by atoms with Gasteiger partial charge in [-0.15, -0.1) is 11.3 Å². The maximum absolute atomic E-state index is 3.66. The summed E-state index contributed by atoms with van der Waals surface area (Å²) in [7, 11) is 0. The third kappa shape index (κ3) is 4.42. The fourth-order valence-electron chi connectivity index (χ4n) is 2.03. The van der Waals surface area contributed by atoms with Crippen molar-refractivity contribution in [2.45, 2.75) is 25.8 Å². The highest BCUT2D eigenvalue weighted by Gasteiger charge is 2.15. The van der Waals surface area contributed by atoms with Crippen LogP contribution >= 0.6 is 43.2 Å². The van der Waals surface area contributed by atoms with E-state index in [-0.39, 0.29) is 0 Å². The average Bonchev–Trinajstić information content (AvgIpc) is 2.81. The van der Waals surface area contributed by atoms with Crippen LogP contribution in [0.4, 0.5) is 0 Å². The molecule has 0 aliphatic carbocycles. The zero-order chi connectivity index (χ0) is 13.7. The highest BCUT2D eigenvalue weighted by Crippen LogP contribution is 2.30. The lowest BCUT2D eigenvalue weighted by molar-refractivity contribution is 0.530. The van der Waals surface area contributed by atoms with Crippen molar-refractivity contribution in [1.29, 1.82) is 0 Å². The van der Waals surface area contributed by atoms with Gasteiger partial charge in [-0.3, -0.25) is 0 Å². The van der Waals surface area contributed by atoms with Gasteiger partial charge in [-0.05, 0) is 52.7 Å². The Morgan fingerprint density at radius 3 is 2.58 bits per heavy atom. The smallest absolute Gasteiger partial charge is 0.0701 e. The number of rotatable bonds is 6. The Morgan fingerprint density at radius 1 is 1.16 bits per heavy atom. The molecule has 1 aromatic carbocycles. The highest BCUT2D eigenvalue weighted by atomic mass is 79.9. The molecule has 0 saturated heterocycles. The highest BCUT2D eigenvalue weighted by molar-refractivity contribution is 9.11. The second-order valence-electron chi connectivity index (χ2n) is 4.44. The molecule has 1 N–H and O–H groups in total. The molecular formula is C15H17Br2NS. The summed E-state index contributed by atoms with van der Waals surface area (Å²) in [5.74, 6) is 0. The van der Waals surface area contributed by atoms with Crippen LogP contribution in [0.2, 0.25) is 0 Å². The molecule has 0 aliphatic rings. The van der Waals surface area contributed by atoms with Crippen LogP contribution in [0.3, 0.4) is 0 Å². The van der Waals surface area contributed by atoms with Gasteiger partial charge >= 0.3 is 0 Å². The summed E-state index contributed by atoms with van der Waals surface area (Å²) in [4.78, 5) is 1.40. The van der Waals surface area contributed by atoms with Crippen molar-refractivity contribution in [3.05, 3.63) is 55.1 Å². The predicted octanol–water partition coefficient (Wildman–Crippen LogP) is 5.56. The quantitative estimate of drug-likeness (QED) is 0.667. The minimum Gasteiger partial charge on any atom is -0.310 e. The Labute approximate surface area is 135 Å². The minimum atomic E-state index is 0.362. The van der Waals surface area contributed by atoms with Crippen molar-refractivity contribution < 1.29 is 0 Å². The molecule has 1 heterocycles. The Balaban J connectivity index is 2.18. The van der Waals surface area contributed by atoms with Crippen LogP contribution in [-0.4, -0.2) is 6.54 Å². The molecule has 19 heavy (non-hydrogen) atoms. The third-order valence-electron chi connectivity index (χ3n) is 2.96. The number of nitrogens with one attached hydrogen (secondary N) is 1. The van der Waals surface area contributed by atoms with E-state index in [1.165, 1.54) is 18.7 Å². The number of hydrogen-bond donors (Lipinski definition) is 1. The zero-order valence-corrected chi connectivity index (χ0v) is 14.8. The largest absolute Gasteiger partial charge is 0.310 e. The molecule has 0 saturated carbocycles. The first-order valence-corrected chi connectivity index (χ1v) is 8.83. The predicted molar refractivity (Wildman–Crippen MR) is 90.9 cm³/mol.